The van der Waals surface area contributed by atoms with E-state index in [0.717, 1.165) is 14.2 Å². The molecule has 3 N–H and O–H groups in total. The first kappa shape index (κ1) is 27.2. The lowest BCUT2D eigenvalue weighted by Crippen LogP contribution is -2.43. The van der Waals surface area contributed by atoms with Crippen LogP contribution in [0.2, 0.25) is 0 Å². The van der Waals surface area contributed by atoms with Gasteiger partial charge in [0.25, 0.3) is 0 Å². The molecular weight excluding hydrogens is 476 g/mol. The van der Waals surface area contributed by atoms with Gasteiger partial charge in [-0.3, -0.25) is 20.2 Å². The Morgan fingerprint density at radius 1 is 0.857 bits per heavy atom. The number of alkyl carbamates (subject to hydrolysis) is 2. The largest absolute Gasteiger partial charge is 0.453 e. The Hall–Kier alpha value is -4.06. The molecule has 12 heteroatoms. The summed E-state index contributed by atoms with van der Waals surface area (Å²) >= 11 is 0. The van der Waals surface area contributed by atoms with Crippen molar-refractivity contribution in [2.45, 2.75) is 36.5 Å². The van der Waals surface area contributed by atoms with Crippen molar-refractivity contribution >= 4 is 52.0 Å². The van der Waals surface area contributed by atoms with E-state index >= 15 is 0 Å². The topological polar surface area (TPSA) is 152 Å². The van der Waals surface area contributed by atoms with Crippen LogP contribution in [0, 0.1) is 0 Å². The van der Waals surface area contributed by atoms with Crippen molar-refractivity contribution in [3.8, 4) is 0 Å². The third kappa shape index (κ3) is 7.74. The molecule has 1 atom stereocenters. The Morgan fingerprint density at radius 2 is 1.43 bits per heavy atom. The zero-order valence-electron chi connectivity index (χ0n) is 19.7. The maximum absolute atomic E-state index is 13.2. The van der Waals surface area contributed by atoms with Crippen molar-refractivity contribution in [3.63, 3.8) is 0 Å². The highest BCUT2D eigenvalue weighted by Gasteiger charge is 2.16. The predicted octanol–water partition coefficient (Wildman–Crippen LogP) is 3.49. The lowest BCUT2D eigenvalue weighted by molar-refractivity contribution is -0.115. The van der Waals surface area contributed by atoms with Crippen LogP contribution in [-0.2, 0) is 25.1 Å². The van der Waals surface area contributed by atoms with Crippen LogP contribution >= 0.6 is 0 Å². The van der Waals surface area contributed by atoms with Crippen molar-refractivity contribution in [1.82, 2.24) is 10.6 Å². The van der Waals surface area contributed by atoms with Gasteiger partial charge in [0.1, 0.15) is 0 Å². The summed E-state index contributed by atoms with van der Waals surface area (Å²) in [6, 6.07) is 10.9. The number of rotatable bonds is 7. The minimum Gasteiger partial charge on any atom is -0.453 e. The van der Waals surface area contributed by atoms with Gasteiger partial charge in [-0.1, -0.05) is 26.0 Å². The summed E-state index contributed by atoms with van der Waals surface area (Å²) < 4.78 is 22.3. The van der Waals surface area contributed by atoms with Gasteiger partial charge < -0.3 is 14.8 Å². The quantitative estimate of drug-likeness (QED) is 0.298. The Kier molecular flexibility index (Phi) is 10.1. The zero-order chi connectivity index (χ0) is 26.0. The van der Waals surface area contributed by atoms with Crippen LogP contribution in [0.4, 0.5) is 21.0 Å². The number of guanidine groups is 1. The van der Waals surface area contributed by atoms with Crippen molar-refractivity contribution < 1.29 is 32.9 Å². The number of hydrogen-bond acceptors (Lipinski definition) is 8. The van der Waals surface area contributed by atoms with E-state index in [1.807, 2.05) is 0 Å². The number of anilines is 1. The average molecular weight is 503 g/mol. The number of aliphatic imine (C=N–C) groups is 1. The fourth-order valence-electron chi connectivity index (χ4n) is 2.67. The number of ether oxygens (including phenoxy) is 2. The second-order valence-corrected chi connectivity index (χ2v) is 8.32. The van der Waals surface area contributed by atoms with Crippen LogP contribution in [-0.4, -0.2) is 48.3 Å². The van der Waals surface area contributed by atoms with Gasteiger partial charge in [-0.05, 0) is 30.3 Å². The molecule has 11 nitrogen and oxygen atoms in total. The number of methoxy groups -OCH3 is 2. The lowest BCUT2D eigenvalue weighted by Gasteiger charge is -2.13. The molecule has 1 unspecified atom stereocenters. The Balaban J connectivity index is 2.52. The number of benzene rings is 2. The number of carbonyl (C=O) groups is 4. The summed E-state index contributed by atoms with van der Waals surface area (Å²) in [6.07, 6.45) is -1.29. The first-order chi connectivity index (χ1) is 16.7. The molecule has 0 radical (unpaired) electrons. The van der Waals surface area contributed by atoms with Crippen LogP contribution in [0.3, 0.4) is 0 Å². The van der Waals surface area contributed by atoms with E-state index in [2.05, 4.69) is 30.4 Å². The number of Topliss-reactive ketones (excluding diaryl/α,β-unsaturated/α-hetero) is 1. The molecule has 2 aromatic rings. The molecule has 3 amide bonds. The van der Waals surface area contributed by atoms with Gasteiger partial charge >= 0.3 is 12.2 Å². The Morgan fingerprint density at radius 3 is 1.94 bits per heavy atom. The highest BCUT2D eigenvalue weighted by molar-refractivity contribution is 7.85. The van der Waals surface area contributed by atoms with Crippen LogP contribution < -0.4 is 16.0 Å². The smallest absolute Gasteiger partial charge is 0.413 e. The summed E-state index contributed by atoms with van der Waals surface area (Å²) in [5, 5.41) is 7.13. The summed E-state index contributed by atoms with van der Waals surface area (Å²) in [5.74, 6) is -0.685. The predicted molar refractivity (Wildman–Crippen MR) is 129 cm³/mol. The molecule has 0 aliphatic rings. The van der Waals surface area contributed by atoms with Crippen molar-refractivity contribution in [1.29, 1.82) is 0 Å². The second-order valence-electron chi connectivity index (χ2n) is 6.84. The van der Waals surface area contributed by atoms with Crippen LogP contribution in [0.1, 0.15) is 37.0 Å². The van der Waals surface area contributed by atoms with Gasteiger partial charge in [-0.15, -0.1) is 0 Å². The number of nitrogens with zero attached hydrogens (tertiary/aromatic N) is 1. The van der Waals surface area contributed by atoms with E-state index in [9.17, 15) is 23.4 Å². The molecule has 0 aromatic heterocycles. The van der Waals surface area contributed by atoms with Gasteiger partial charge in [0.15, 0.2) is 5.78 Å². The van der Waals surface area contributed by atoms with Gasteiger partial charge in [0.05, 0.1) is 36.4 Å². The average Bonchev–Trinajstić information content (AvgIpc) is 2.88. The van der Waals surface area contributed by atoms with Crippen LogP contribution in [0.25, 0.3) is 0 Å². The van der Waals surface area contributed by atoms with E-state index in [1.54, 1.807) is 44.2 Å². The van der Waals surface area contributed by atoms with Crippen molar-refractivity contribution in [2.24, 2.45) is 4.99 Å². The fraction of sp³-hybridized carbons (Fsp3) is 0.261. The van der Waals surface area contributed by atoms with Gasteiger partial charge in [0.2, 0.25) is 11.9 Å². The Labute approximate surface area is 204 Å². The van der Waals surface area contributed by atoms with E-state index in [1.165, 1.54) is 12.1 Å². The van der Waals surface area contributed by atoms with E-state index in [0.29, 0.717) is 21.8 Å². The Bertz CT molecular complexity index is 1140. The molecule has 0 saturated carbocycles. The highest BCUT2D eigenvalue weighted by atomic mass is 32.2. The molecule has 0 spiro atoms. The van der Waals surface area contributed by atoms with E-state index < -0.39 is 23.0 Å². The fourth-order valence-corrected chi connectivity index (χ4v) is 3.74. The maximum Gasteiger partial charge on any atom is 0.413 e. The summed E-state index contributed by atoms with van der Waals surface area (Å²) in [5.41, 5.74) is 0.860. The molecular formula is C23H26N4O7S. The molecule has 0 aliphatic carbocycles. The van der Waals surface area contributed by atoms with Crippen LogP contribution in [0.15, 0.2) is 57.2 Å². The third-order valence-corrected chi connectivity index (χ3v) is 5.92. The third-order valence-electron chi connectivity index (χ3n) is 4.53. The molecule has 0 heterocycles. The first-order valence-electron chi connectivity index (χ1n) is 10.5. The van der Waals surface area contributed by atoms with E-state index in [4.69, 9.17) is 0 Å². The maximum atomic E-state index is 13.2. The summed E-state index contributed by atoms with van der Waals surface area (Å²) in [4.78, 5) is 52.2. The number of amides is 3. The first-order valence-corrected chi connectivity index (χ1v) is 11.6. The molecule has 0 bridgehead atoms. The summed E-state index contributed by atoms with van der Waals surface area (Å²) in [6.45, 7) is 3.42. The monoisotopic (exact) mass is 502 g/mol. The second kappa shape index (κ2) is 13.0. The molecule has 186 valence electrons. The standard InChI is InChI=1S/C23H26N4O7S/c1-5-19(28)14-7-9-15(10-8-14)35(32)16-11-12-17(24-20(29)6-2)18(13-16)25-21(26-22(30)33-3)27-23(31)34-4/h7-13H,5-6H2,1-4H3,(H,24,29)(H2,25,26,27,30,31). The number of nitrogens with one attached hydrogen (secondary N) is 3. The minimum absolute atomic E-state index is 0.0290. The molecule has 2 aromatic carbocycles. The van der Waals surface area contributed by atoms with Gasteiger partial charge in [-0.2, -0.15) is 0 Å². The van der Waals surface area contributed by atoms with Crippen LogP contribution in [0.5, 0.6) is 0 Å². The molecule has 35 heavy (non-hydrogen) atoms. The normalized spacial score (nSPS) is 11.0. The van der Waals surface area contributed by atoms with Gasteiger partial charge in [0, 0.05) is 28.2 Å². The van der Waals surface area contributed by atoms with Crippen molar-refractivity contribution in [2.75, 3.05) is 19.5 Å². The molecule has 0 saturated heterocycles. The number of ketones is 1. The minimum atomic E-state index is -1.66. The molecule has 0 aliphatic heterocycles. The van der Waals surface area contributed by atoms with E-state index in [-0.39, 0.29) is 35.4 Å². The zero-order valence-corrected chi connectivity index (χ0v) is 20.5. The molecule has 0 fully saturated rings. The SMILES string of the molecule is CCC(=O)Nc1ccc(S(=O)c2ccc(C(=O)CC)cc2)cc1N=C(NC(=O)OC)NC(=O)OC. The number of carbonyl (C=O) groups excluding carboxylic acids is 4. The van der Waals surface area contributed by atoms with Gasteiger partial charge in [-0.25, -0.2) is 18.8 Å². The molecule has 2 rings (SSSR count). The lowest BCUT2D eigenvalue weighted by atomic mass is 10.1. The highest BCUT2D eigenvalue weighted by Crippen LogP contribution is 2.30. The van der Waals surface area contributed by atoms with Crippen molar-refractivity contribution in [3.05, 3.63) is 48.0 Å². The number of hydrogen-bond donors (Lipinski definition) is 3. The summed E-state index contributed by atoms with van der Waals surface area (Å²) in [7, 11) is 0.592.